The summed E-state index contributed by atoms with van der Waals surface area (Å²) in [4.78, 5) is 16.4. The molecule has 1 N–H and O–H groups in total. The first-order valence-corrected chi connectivity index (χ1v) is 8.43. The van der Waals surface area contributed by atoms with Gasteiger partial charge in [0.15, 0.2) is 11.6 Å². The van der Waals surface area contributed by atoms with Gasteiger partial charge in [0.2, 0.25) is 0 Å². The molecule has 2 aromatic heterocycles. The summed E-state index contributed by atoms with van der Waals surface area (Å²) in [6.45, 7) is 1.67. The van der Waals surface area contributed by atoms with Gasteiger partial charge in [0, 0.05) is 24.2 Å². The van der Waals surface area contributed by atoms with E-state index >= 15 is 0 Å². The Morgan fingerprint density at radius 1 is 1.38 bits per heavy atom. The van der Waals surface area contributed by atoms with Crippen molar-refractivity contribution in [3.8, 4) is 6.07 Å². The number of halogens is 3. The maximum atomic E-state index is 14.0. The number of fused-ring (bicyclic) bond motifs is 1. The third kappa shape index (κ3) is 2.95. The van der Waals surface area contributed by atoms with Crippen molar-refractivity contribution in [3.05, 3.63) is 68.1 Å². The predicted molar refractivity (Wildman–Crippen MR) is 97.8 cm³/mol. The maximum Gasteiger partial charge on any atom is 0.265 e. The summed E-state index contributed by atoms with van der Waals surface area (Å²) >= 11 is 3.20. The van der Waals surface area contributed by atoms with Crippen molar-refractivity contribution in [3.63, 3.8) is 0 Å². The number of nitriles is 1. The third-order valence-electron chi connectivity index (χ3n) is 4.13. The van der Waals surface area contributed by atoms with Crippen LogP contribution in [0.3, 0.4) is 0 Å². The second-order valence-corrected chi connectivity index (χ2v) is 6.61. The van der Waals surface area contributed by atoms with Gasteiger partial charge in [0.1, 0.15) is 11.9 Å². The number of aryl methyl sites for hydroxylation is 1. The van der Waals surface area contributed by atoms with Gasteiger partial charge in [-0.05, 0) is 35.0 Å². The van der Waals surface area contributed by atoms with Crippen LogP contribution in [-0.4, -0.2) is 9.55 Å². The van der Waals surface area contributed by atoms with Crippen molar-refractivity contribution in [2.75, 3.05) is 5.32 Å². The van der Waals surface area contributed by atoms with E-state index in [1.807, 2.05) is 6.07 Å². The Hall–Kier alpha value is -2.79. The summed E-state index contributed by atoms with van der Waals surface area (Å²) in [6.07, 6.45) is 1.34. The molecule has 0 aliphatic rings. The van der Waals surface area contributed by atoms with Crippen LogP contribution < -0.4 is 10.9 Å². The van der Waals surface area contributed by atoms with E-state index in [1.165, 1.54) is 22.9 Å². The number of hydrogen-bond acceptors (Lipinski definition) is 4. The molecular formula is C18H13BrF2N4O. The Bertz CT molecular complexity index is 1120. The van der Waals surface area contributed by atoms with Gasteiger partial charge < -0.3 is 9.88 Å². The van der Waals surface area contributed by atoms with Crippen molar-refractivity contribution in [1.82, 2.24) is 9.55 Å². The second kappa shape index (κ2) is 6.84. The minimum Gasteiger partial charge on any atom is -0.363 e. The van der Waals surface area contributed by atoms with Crippen LogP contribution in [0.5, 0.6) is 0 Å². The lowest BCUT2D eigenvalue weighted by Crippen LogP contribution is -2.19. The van der Waals surface area contributed by atoms with Crippen molar-refractivity contribution >= 4 is 32.7 Å². The molecule has 1 aromatic carbocycles. The van der Waals surface area contributed by atoms with Gasteiger partial charge >= 0.3 is 0 Å². The van der Waals surface area contributed by atoms with Crippen LogP contribution in [0.25, 0.3) is 10.9 Å². The lowest BCUT2D eigenvalue weighted by molar-refractivity contribution is 0.494. The van der Waals surface area contributed by atoms with Crippen molar-refractivity contribution < 1.29 is 8.78 Å². The first-order chi connectivity index (χ1) is 12.3. The lowest BCUT2D eigenvalue weighted by Gasteiger charge is -2.18. The van der Waals surface area contributed by atoms with E-state index in [1.54, 1.807) is 20.0 Å². The highest BCUT2D eigenvalue weighted by Gasteiger charge is 2.18. The van der Waals surface area contributed by atoms with Crippen molar-refractivity contribution in [1.29, 1.82) is 5.26 Å². The summed E-state index contributed by atoms with van der Waals surface area (Å²) in [5.74, 6) is -1.51. The molecule has 0 fully saturated rings. The van der Waals surface area contributed by atoms with Gasteiger partial charge in [0.25, 0.3) is 5.56 Å². The standard InChI is InChI=1S/C18H13BrF2N4O/c1-9(11-4-3-5-14(20)15(11)21)24-17-12-6-13(19)18(26)25(2)16(12)10(7-22)8-23-17/h3-6,8-9H,1-2H3,(H,23,24)/t9-/m1/s1. The number of pyridine rings is 2. The van der Waals surface area contributed by atoms with E-state index in [0.717, 1.165) is 6.07 Å². The van der Waals surface area contributed by atoms with Gasteiger partial charge in [-0.15, -0.1) is 0 Å². The smallest absolute Gasteiger partial charge is 0.265 e. The summed E-state index contributed by atoms with van der Waals surface area (Å²) in [5.41, 5.74) is 0.496. The first-order valence-electron chi connectivity index (χ1n) is 7.64. The molecule has 132 valence electrons. The molecule has 0 aliphatic carbocycles. The molecular weight excluding hydrogens is 406 g/mol. The number of hydrogen-bond donors (Lipinski definition) is 1. The van der Waals surface area contributed by atoms with Crippen LogP contribution in [-0.2, 0) is 7.05 Å². The topological polar surface area (TPSA) is 70.7 Å². The zero-order valence-electron chi connectivity index (χ0n) is 13.8. The zero-order chi connectivity index (χ0) is 19.0. The Morgan fingerprint density at radius 2 is 2.12 bits per heavy atom. The summed E-state index contributed by atoms with van der Waals surface area (Å²) in [5, 5.41) is 12.9. The van der Waals surface area contributed by atoms with Crippen molar-refractivity contribution in [2.24, 2.45) is 7.05 Å². The number of aromatic nitrogens is 2. The molecule has 0 aliphatic heterocycles. The first kappa shape index (κ1) is 18.0. The fraction of sp³-hybridized carbons (Fsp3) is 0.167. The summed E-state index contributed by atoms with van der Waals surface area (Å²) < 4.78 is 29.2. The molecule has 0 bridgehead atoms. The highest BCUT2D eigenvalue weighted by Crippen LogP contribution is 2.29. The van der Waals surface area contributed by atoms with E-state index in [0.29, 0.717) is 21.2 Å². The van der Waals surface area contributed by atoms with Crippen LogP contribution in [0, 0.1) is 23.0 Å². The Balaban J connectivity index is 2.16. The number of rotatable bonds is 3. The van der Waals surface area contributed by atoms with Crippen molar-refractivity contribution in [2.45, 2.75) is 13.0 Å². The quantitative estimate of drug-likeness (QED) is 0.697. The minimum absolute atomic E-state index is 0.146. The largest absolute Gasteiger partial charge is 0.363 e. The Labute approximate surface area is 156 Å². The lowest BCUT2D eigenvalue weighted by atomic mass is 10.1. The van der Waals surface area contributed by atoms with Gasteiger partial charge in [-0.1, -0.05) is 12.1 Å². The minimum atomic E-state index is -0.932. The molecule has 0 amide bonds. The zero-order valence-corrected chi connectivity index (χ0v) is 15.4. The molecule has 5 nitrogen and oxygen atoms in total. The second-order valence-electron chi connectivity index (χ2n) is 5.76. The van der Waals surface area contributed by atoms with Crippen LogP contribution in [0.15, 0.2) is 39.7 Å². The van der Waals surface area contributed by atoms with Crippen LogP contribution in [0.2, 0.25) is 0 Å². The molecule has 1 atom stereocenters. The molecule has 0 spiro atoms. The number of anilines is 1. The molecule has 0 radical (unpaired) electrons. The predicted octanol–water partition coefficient (Wildman–Crippen LogP) is 4.02. The summed E-state index contributed by atoms with van der Waals surface area (Å²) in [7, 11) is 1.55. The SMILES string of the molecule is C[C@@H](Nc1ncc(C#N)c2c1cc(Br)c(=O)n2C)c1cccc(F)c1F. The van der Waals surface area contributed by atoms with E-state index in [4.69, 9.17) is 0 Å². The number of benzene rings is 1. The highest BCUT2D eigenvalue weighted by molar-refractivity contribution is 9.10. The summed E-state index contributed by atoms with van der Waals surface area (Å²) in [6, 6.07) is 6.93. The molecule has 26 heavy (non-hydrogen) atoms. The average Bonchev–Trinajstić information content (AvgIpc) is 2.62. The monoisotopic (exact) mass is 418 g/mol. The van der Waals surface area contributed by atoms with Gasteiger partial charge in [-0.2, -0.15) is 5.26 Å². The Morgan fingerprint density at radius 3 is 2.81 bits per heavy atom. The van der Waals surface area contributed by atoms with E-state index < -0.39 is 17.7 Å². The maximum absolute atomic E-state index is 14.0. The number of nitrogens with one attached hydrogen (secondary N) is 1. The van der Waals surface area contributed by atoms with Gasteiger partial charge in [-0.25, -0.2) is 13.8 Å². The van der Waals surface area contributed by atoms with E-state index in [-0.39, 0.29) is 16.7 Å². The highest BCUT2D eigenvalue weighted by atomic mass is 79.9. The number of nitrogens with zero attached hydrogens (tertiary/aromatic N) is 3. The molecule has 8 heteroatoms. The molecule has 3 aromatic rings. The van der Waals surface area contributed by atoms with Crippen LogP contribution in [0.4, 0.5) is 14.6 Å². The fourth-order valence-corrected chi connectivity index (χ4v) is 3.29. The third-order valence-corrected chi connectivity index (χ3v) is 4.69. The molecule has 0 saturated carbocycles. The molecule has 0 saturated heterocycles. The Kier molecular flexibility index (Phi) is 4.74. The van der Waals surface area contributed by atoms with Crippen LogP contribution in [0.1, 0.15) is 24.1 Å². The van der Waals surface area contributed by atoms with E-state index in [2.05, 4.69) is 26.2 Å². The molecule has 0 unspecified atom stereocenters. The van der Waals surface area contributed by atoms with E-state index in [9.17, 15) is 18.8 Å². The fourth-order valence-electron chi connectivity index (χ4n) is 2.80. The molecule has 3 rings (SSSR count). The van der Waals surface area contributed by atoms with Gasteiger partial charge in [0.05, 0.1) is 21.6 Å². The normalized spacial score (nSPS) is 12.0. The van der Waals surface area contributed by atoms with Gasteiger partial charge in [-0.3, -0.25) is 4.79 Å². The van der Waals surface area contributed by atoms with Crippen LogP contribution >= 0.6 is 15.9 Å². The average molecular weight is 419 g/mol. The molecule has 2 heterocycles.